The minimum Gasteiger partial charge on any atom is -0.484 e. The molecule has 2 aromatic rings. The second-order valence-corrected chi connectivity index (χ2v) is 7.26. The van der Waals surface area contributed by atoms with Gasteiger partial charge in [0.25, 0.3) is 0 Å². The van der Waals surface area contributed by atoms with Crippen LogP contribution in [0.3, 0.4) is 0 Å². The first-order valence-electron chi connectivity index (χ1n) is 8.80. The van der Waals surface area contributed by atoms with Crippen LogP contribution < -0.4 is 9.64 Å². The van der Waals surface area contributed by atoms with Gasteiger partial charge in [-0.3, -0.25) is 4.90 Å². The number of carbonyl (C=O) groups excluding carboxylic acids is 1. The lowest BCUT2D eigenvalue weighted by Gasteiger charge is -2.23. The van der Waals surface area contributed by atoms with Gasteiger partial charge in [0.05, 0.1) is 18.4 Å². The first-order valence-corrected chi connectivity index (χ1v) is 9.78. The highest BCUT2D eigenvalue weighted by molar-refractivity contribution is 8.13. The average Bonchev–Trinajstić information content (AvgIpc) is 2.74. The Morgan fingerprint density at radius 1 is 1.23 bits per heavy atom. The number of hydrogen-bond donors (Lipinski definition) is 0. The smallest absolute Gasteiger partial charge is 0.416 e. The van der Waals surface area contributed by atoms with E-state index in [2.05, 4.69) is 4.99 Å². The summed E-state index contributed by atoms with van der Waals surface area (Å²) in [5, 5.41) is 0.535. The lowest BCUT2D eigenvalue weighted by Crippen LogP contribution is -2.33. The zero-order valence-corrected chi connectivity index (χ0v) is 17.0. The number of halogens is 3. The highest BCUT2D eigenvalue weighted by atomic mass is 32.2. The Morgan fingerprint density at radius 3 is 2.70 bits per heavy atom. The van der Waals surface area contributed by atoms with E-state index in [4.69, 9.17) is 14.2 Å². The molecule has 1 aliphatic heterocycles. The van der Waals surface area contributed by atoms with Crippen molar-refractivity contribution in [2.24, 2.45) is 4.99 Å². The van der Waals surface area contributed by atoms with Gasteiger partial charge in [-0.2, -0.15) is 13.2 Å². The van der Waals surface area contributed by atoms with Crippen LogP contribution in [0.4, 0.5) is 29.3 Å². The zero-order valence-electron chi connectivity index (χ0n) is 16.2. The number of thioether (sulfide) groups is 1. The largest absolute Gasteiger partial charge is 0.484 e. The number of alkyl halides is 3. The van der Waals surface area contributed by atoms with Crippen LogP contribution in [0.15, 0.2) is 47.5 Å². The van der Waals surface area contributed by atoms with Crippen molar-refractivity contribution in [3.05, 3.63) is 53.6 Å². The van der Waals surface area contributed by atoms with Gasteiger partial charge in [0.2, 0.25) is 0 Å². The minimum absolute atomic E-state index is 0.00596. The number of rotatable bonds is 5. The third-order valence-electron chi connectivity index (χ3n) is 4.21. The molecule has 0 atom stereocenters. The van der Waals surface area contributed by atoms with Crippen LogP contribution in [0.25, 0.3) is 0 Å². The molecule has 0 aliphatic carbocycles. The maximum absolute atomic E-state index is 13.0. The van der Waals surface area contributed by atoms with Gasteiger partial charge in [-0.05, 0) is 29.8 Å². The number of fused-ring (bicyclic) bond motifs is 1. The molecular formula is C20H19F3N2O4S. The Hall–Kier alpha value is -2.72. The van der Waals surface area contributed by atoms with E-state index in [0.717, 1.165) is 17.7 Å². The van der Waals surface area contributed by atoms with Gasteiger partial charge in [-0.1, -0.05) is 18.2 Å². The molecule has 0 radical (unpaired) electrons. The average molecular weight is 440 g/mol. The number of hydrogen-bond acceptors (Lipinski definition) is 6. The van der Waals surface area contributed by atoms with Crippen molar-refractivity contribution in [1.82, 2.24) is 0 Å². The molecule has 0 saturated heterocycles. The summed E-state index contributed by atoms with van der Waals surface area (Å²) in [5.74, 6) is 0.730. The number of methoxy groups -OCH3 is 2. The first-order chi connectivity index (χ1) is 14.3. The Kier molecular flexibility index (Phi) is 6.88. The fraction of sp³-hybridized carbons (Fsp3) is 0.300. The quantitative estimate of drug-likeness (QED) is 0.596. The van der Waals surface area contributed by atoms with Crippen molar-refractivity contribution in [3.8, 4) is 5.75 Å². The molecule has 0 fully saturated rings. The van der Waals surface area contributed by atoms with Gasteiger partial charge in [0.15, 0.2) is 0 Å². The SMILES string of the molecule is COCN(C(=O)OC)c1ccccc1CSC1=Nc2cc(C(F)(F)F)ccc2OC1. The number of para-hydroxylation sites is 1. The molecule has 10 heteroatoms. The third kappa shape index (κ3) is 5.06. The second-order valence-electron chi connectivity index (χ2n) is 6.21. The van der Waals surface area contributed by atoms with Gasteiger partial charge in [-0.15, -0.1) is 11.8 Å². The summed E-state index contributed by atoms with van der Waals surface area (Å²) in [4.78, 5) is 17.8. The molecule has 1 amide bonds. The van der Waals surface area contributed by atoms with E-state index < -0.39 is 17.8 Å². The minimum atomic E-state index is -4.45. The topological polar surface area (TPSA) is 60.4 Å². The monoisotopic (exact) mass is 440 g/mol. The summed E-state index contributed by atoms with van der Waals surface area (Å²) in [6.45, 7) is 0.163. The number of nitrogens with zero attached hydrogens (tertiary/aromatic N) is 2. The highest BCUT2D eigenvalue weighted by Crippen LogP contribution is 2.39. The molecular weight excluding hydrogens is 421 g/mol. The lowest BCUT2D eigenvalue weighted by atomic mass is 10.2. The van der Waals surface area contributed by atoms with Gasteiger partial charge in [0, 0.05) is 12.9 Å². The highest BCUT2D eigenvalue weighted by Gasteiger charge is 2.31. The maximum atomic E-state index is 13.0. The molecule has 0 bridgehead atoms. The fourth-order valence-corrected chi connectivity index (χ4v) is 3.67. The molecule has 3 rings (SSSR count). The summed E-state index contributed by atoms with van der Waals surface area (Å²) >= 11 is 1.32. The number of amides is 1. The van der Waals surface area contributed by atoms with E-state index in [1.165, 1.54) is 36.9 Å². The lowest BCUT2D eigenvalue weighted by molar-refractivity contribution is -0.137. The van der Waals surface area contributed by atoms with Crippen molar-refractivity contribution in [2.75, 3.05) is 32.5 Å². The molecule has 1 aliphatic rings. The van der Waals surface area contributed by atoms with Crippen LogP contribution >= 0.6 is 11.8 Å². The molecule has 0 saturated carbocycles. The summed E-state index contributed by atoms with van der Waals surface area (Å²) in [5.41, 5.74) is 0.777. The Morgan fingerprint density at radius 2 is 2.00 bits per heavy atom. The second kappa shape index (κ2) is 9.40. The number of benzene rings is 2. The van der Waals surface area contributed by atoms with Crippen molar-refractivity contribution in [3.63, 3.8) is 0 Å². The Bertz CT molecular complexity index is 950. The fourth-order valence-electron chi connectivity index (χ4n) is 2.80. The van der Waals surface area contributed by atoms with Gasteiger partial charge in [-0.25, -0.2) is 9.79 Å². The van der Waals surface area contributed by atoms with Gasteiger partial charge in [0.1, 0.15) is 29.8 Å². The molecule has 0 aromatic heterocycles. The Labute approximate surface area is 175 Å². The van der Waals surface area contributed by atoms with Crippen molar-refractivity contribution in [2.45, 2.75) is 11.9 Å². The van der Waals surface area contributed by atoms with E-state index in [0.29, 0.717) is 22.2 Å². The maximum Gasteiger partial charge on any atom is 0.416 e. The van der Waals surface area contributed by atoms with Crippen molar-refractivity contribution >= 4 is 34.3 Å². The molecule has 0 unspecified atom stereocenters. The van der Waals surface area contributed by atoms with Crippen LogP contribution in [0.1, 0.15) is 11.1 Å². The molecule has 0 N–H and O–H groups in total. The molecule has 1 heterocycles. The predicted octanol–water partition coefficient (Wildman–Crippen LogP) is 5.24. The van der Waals surface area contributed by atoms with Crippen LogP contribution in [0.2, 0.25) is 0 Å². The van der Waals surface area contributed by atoms with Crippen LogP contribution in [-0.2, 0) is 21.4 Å². The van der Waals surface area contributed by atoms with Crippen LogP contribution in [-0.4, -0.2) is 38.7 Å². The standard InChI is InChI=1S/C20H19F3N2O4S/c1-27-12-25(19(26)28-2)16-6-4-3-5-13(16)11-30-18-10-29-17-8-7-14(20(21,22)23)9-15(17)24-18/h3-9H,10-12H2,1-2H3. The van der Waals surface area contributed by atoms with Crippen molar-refractivity contribution < 1.29 is 32.2 Å². The molecule has 2 aromatic carbocycles. The molecule has 6 nitrogen and oxygen atoms in total. The zero-order chi connectivity index (χ0) is 21.7. The summed E-state index contributed by atoms with van der Waals surface area (Å²) in [6.07, 6.45) is -5.02. The summed E-state index contributed by atoms with van der Waals surface area (Å²) in [6, 6.07) is 10.4. The van der Waals surface area contributed by atoms with Crippen LogP contribution in [0.5, 0.6) is 5.75 Å². The molecule has 30 heavy (non-hydrogen) atoms. The van der Waals surface area contributed by atoms with Gasteiger partial charge >= 0.3 is 12.3 Å². The predicted molar refractivity (Wildman–Crippen MR) is 109 cm³/mol. The first kappa shape index (κ1) is 22.0. The number of carbonyl (C=O) groups is 1. The Balaban J connectivity index is 1.80. The van der Waals surface area contributed by atoms with Gasteiger partial charge < -0.3 is 14.2 Å². The van der Waals surface area contributed by atoms with Crippen molar-refractivity contribution in [1.29, 1.82) is 0 Å². The van der Waals surface area contributed by atoms with E-state index >= 15 is 0 Å². The van der Waals surface area contributed by atoms with Crippen LogP contribution in [0, 0.1) is 0 Å². The summed E-state index contributed by atoms with van der Waals surface area (Å²) in [7, 11) is 2.75. The third-order valence-corrected chi connectivity index (χ3v) is 5.21. The molecule has 0 spiro atoms. The van der Waals surface area contributed by atoms with E-state index in [-0.39, 0.29) is 19.0 Å². The molecule has 160 valence electrons. The number of aliphatic imine (C=N–C) groups is 1. The number of ether oxygens (including phenoxy) is 3. The normalized spacial score (nSPS) is 13.2. The van der Waals surface area contributed by atoms with E-state index in [1.807, 2.05) is 12.1 Å². The summed E-state index contributed by atoms with van der Waals surface area (Å²) < 4.78 is 54.3. The van der Waals surface area contributed by atoms with E-state index in [1.54, 1.807) is 12.1 Å². The van der Waals surface area contributed by atoms with E-state index in [9.17, 15) is 18.0 Å². The number of anilines is 1.